The number of nitrogens with one attached hydrogen (secondary N) is 1. The van der Waals surface area contributed by atoms with E-state index in [1.807, 2.05) is 6.07 Å². The average Bonchev–Trinajstić information content (AvgIpc) is 2.38. The quantitative estimate of drug-likeness (QED) is 0.870. The minimum atomic E-state index is 0.446. The van der Waals surface area contributed by atoms with E-state index in [0.717, 1.165) is 44.1 Å². The maximum atomic E-state index is 5.35. The maximum absolute atomic E-state index is 5.35. The number of nitrogens with zero attached hydrogens (tertiary/aromatic N) is 2. The Kier molecular flexibility index (Phi) is 4.31. The van der Waals surface area contributed by atoms with Crippen LogP contribution in [0.1, 0.15) is 38.3 Å². The SMILES string of the molecule is CC(C)c1cc(NCC2CCOCC2)ncn1. The molecule has 4 nitrogen and oxygen atoms in total. The molecular formula is C13H21N3O. The second kappa shape index (κ2) is 5.96. The van der Waals surface area contributed by atoms with Gasteiger partial charge < -0.3 is 10.1 Å². The highest BCUT2D eigenvalue weighted by atomic mass is 16.5. The fraction of sp³-hybridized carbons (Fsp3) is 0.692. The summed E-state index contributed by atoms with van der Waals surface area (Å²) >= 11 is 0. The zero-order valence-electron chi connectivity index (χ0n) is 10.6. The molecule has 1 fully saturated rings. The Bertz CT molecular complexity index is 348. The third kappa shape index (κ3) is 3.66. The van der Waals surface area contributed by atoms with E-state index in [0.29, 0.717) is 11.8 Å². The Hall–Kier alpha value is -1.16. The molecule has 4 heteroatoms. The summed E-state index contributed by atoms with van der Waals surface area (Å²) in [6, 6.07) is 2.05. The minimum absolute atomic E-state index is 0.446. The van der Waals surface area contributed by atoms with Gasteiger partial charge in [0.1, 0.15) is 12.1 Å². The number of hydrogen-bond acceptors (Lipinski definition) is 4. The predicted molar refractivity (Wildman–Crippen MR) is 68.2 cm³/mol. The Morgan fingerprint density at radius 3 is 2.82 bits per heavy atom. The molecular weight excluding hydrogens is 214 g/mol. The fourth-order valence-electron chi connectivity index (χ4n) is 1.98. The normalized spacial score (nSPS) is 17.4. The van der Waals surface area contributed by atoms with Crippen molar-refractivity contribution >= 4 is 5.82 Å². The molecule has 1 aliphatic rings. The first-order chi connectivity index (χ1) is 8.25. The van der Waals surface area contributed by atoms with Gasteiger partial charge in [-0.1, -0.05) is 13.8 Å². The molecule has 0 unspecified atom stereocenters. The van der Waals surface area contributed by atoms with Crippen LogP contribution in [0.2, 0.25) is 0 Å². The van der Waals surface area contributed by atoms with Crippen LogP contribution in [0.4, 0.5) is 5.82 Å². The van der Waals surface area contributed by atoms with E-state index < -0.39 is 0 Å². The average molecular weight is 235 g/mol. The first kappa shape index (κ1) is 12.3. The Morgan fingerprint density at radius 1 is 1.35 bits per heavy atom. The molecule has 2 rings (SSSR count). The van der Waals surface area contributed by atoms with Gasteiger partial charge >= 0.3 is 0 Å². The van der Waals surface area contributed by atoms with E-state index in [1.165, 1.54) is 0 Å². The summed E-state index contributed by atoms with van der Waals surface area (Å²) in [5.74, 6) is 2.10. The zero-order chi connectivity index (χ0) is 12.1. The summed E-state index contributed by atoms with van der Waals surface area (Å²) in [7, 11) is 0. The molecule has 0 atom stereocenters. The van der Waals surface area contributed by atoms with E-state index in [-0.39, 0.29) is 0 Å². The molecule has 0 aliphatic carbocycles. The molecule has 0 radical (unpaired) electrons. The maximum Gasteiger partial charge on any atom is 0.129 e. The molecule has 1 aromatic rings. The summed E-state index contributed by atoms with van der Waals surface area (Å²) in [5, 5.41) is 3.40. The molecule has 0 saturated carbocycles. The zero-order valence-corrected chi connectivity index (χ0v) is 10.6. The van der Waals surface area contributed by atoms with Crippen molar-refractivity contribution in [2.45, 2.75) is 32.6 Å². The standard InChI is InChI=1S/C13H21N3O/c1-10(2)12-7-13(16-9-15-12)14-8-11-3-5-17-6-4-11/h7,9-11H,3-6,8H2,1-2H3,(H,14,15,16). The molecule has 1 aromatic heterocycles. The van der Waals surface area contributed by atoms with Gasteiger partial charge in [0.25, 0.3) is 0 Å². The predicted octanol–water partition coefficient (Wildman–Crippen LogP) is 2.44. The number of ether oxygens (including phenoxy) is 1. The van der Waals surface area contributed by atoms with Crippen molar-refractivity contribution in [3.63, 3.8) is 0 Å². The second-order valence-corrected chi connectivity index (χ2v) is 4.92. The van der Waals surface area contributed by atoms with Crippen LogP contribution >= 0.6 is 0 Å². The Labute approximate surface area is 103 Å². The van der Waals surface area contributed by atoms with Gasteiger partial charge in [0.15, 0.2) is 0 Å². The summed E-state index contributed by atoms with van der Waals surface area (Å²) < 4.78 is 5.35. The molecule has 1 aliphatic heterocycles. The summed E-state index contributed by atoms with van der Waals surface area (Å²) in [6.07, 6.45) is 3.94. The largest absolute Gasteiger partial charge is 0.381 e. The van der Waals surface area contributed by atoms with E-state index in [1.54, 1.807) is 6.33 Å². The van der Waals surface area contributed by atoms with Gasteiger partial charge in [0.2, 0.25) is 0 Å². The smallest absolute Gasteiger partial charge is 0.129 e. The minimum Gasteiger partial charge on any atom is -0.381 e. The highest BCUT2D eigenvalue weighted by Gasteiger charge is 2.13. The first-order valence-corrected chi connectivity index (χ1v) is 6.39. The molecule has 2 heterocycles. The number of anilines is 1. The van der Waals surface area contributed by atoms with E-state index in [2.05, 4.69) is 29.1 Å². The Morgan fingerprint density at radius 2 is 2.12 bits per heavy atom. The van der Waals surface area contributed by atoms with Gasteiger partial charge in [0, 0.05) is 31.5 Å². The van der Waals surface area contributed by atoms with Crippen molar-refractivity contribution in [1.82, 2.24) is 9.97 Å². The van der Waals surface area contributed by atoms with Crippen LogP contribution in [-0.4, -0.2) is 29.7 Å². The third-order valence-electron chi connectivity index (χ3n) is 3.19. The van der Waals surface area contributed by atoms with Crippen molar-refractivity contribution in [2.24, 2.45) is 5.92 Å². The number of hydrogen-bond donors (Lipinski definition) is 1. The molecule has 1 saturated heterocycles. The molecule has 0 amide bonds. The summed E-state index contributed by atoms with van der Waals surface area (Å²) in [4.78, 5) is 8.52. The van der Waals surface area contributed by atoms with Crippen LogP contribution in [0.3, 0.4) is 0 Å². The van der Waals surface area contributed by atoms with Crippen molar-refractivity contribution in [2.75, 3.05) is 25.1 Å². The number of rotatable bonds is 4. The van der Waals surface area contributed by atoms with Gasteiger partial charge in [0.05, 0.1) is 0 Å². The topological polar surface area (TPSA) is 47.0 Å². The van der Waals surface area contributed by atoms with E-state index in [4.69, 9.17) is 4.74 Å². The number of aromatic nitrogens is 2. The van der Waals surface area contributed by atoms with Crippen LogP contribution < -0.4 is 5.32 Å². The Balaban J connectivity index is 1.87. The molecule has 1 N–H and O–H groups in total. The first-order valence-electron chi connectivity index (χ1n) is 6.39. The van der Waals surface area contributed by atoms with Crippen LogP contribution in [0, 0.1) is 5.92 Å². The van der Waals surface area contributed by atoms with E-state index in [9.17, 15) is 0 Å². The van der Waals surface area contributed by atoms with Gasteiger partial charge in [-0.15, -0.1) is 0 Å². The monoisotopic (exact) mass is 235 g/mol. The lowest BCUT2D eigenvalue weighted by Crippen LogP contribution is -2.23. The van der Waals surface area contributed by atoms with Gasteiger partial charge in [-0.2, -0.15) is 0 Å². The van der Waals surface area contributed by atoms with Crippen LogP contribution in [-0.2, 0) is 4.74 Å². The lowest BCUT2D eigenvalue weighted by molar-refractivity contribution is 0.0699. The molecule has 0 aromatic carbocycles. The van der Waals surface area contributed by atoms with E-state index >= 15 is 0 Å². The van der Waals surface area contributed by atoms with Crippen molar-refractivity contribution < 1.29 is 4.74 Å². The summed E-state index contributed by atoms with van der Waals surface area (Å²) in [5.41, 5.74) is 1.09. The molecule has 0 bridgehead atoms. The highest BCUT2D eigenvalue weighted by molar-refractivity contribution is 5.35. The fourth-order valence-corrected chi connectivity index (χ4v) is 1.98. The van der Waals surface area contributed by atoms with Crippen LogP contribution in [0.5, 0.6) is 0 Å². The van der Waals surface area contributed by atoms with Gasteiger partial charge in [-0.25, -0.2) is 9.97 Å². The van der Waals surface area contributed by atoms with Crippen LogP contribution in [0.25, 0.3) is 0 Å². The molecule has 17 heavy (non-hydrogen) atoms. The molecule has 94 valence electrons. The lowest BCUT2D eigenvalue weighted by atomic mass is 10.0. The third-order valence-corrected chi connectivity index (χ3v) is 3.19. The van der Waals surface area contributed by atoms with Crippen molar-refractivity contribution in [3.05, 3.63) is 18.1 Å². The second-order valence-electron chi connectivity index (χ2n) is 4.92. The lowest BCUT2D eigenvalue weighted by Gasteiger charge is -2.22. The highest BCUT2D eigenvalue weighted by Crippen LogP contribution is 2.17. The molecule has 0 spiro atoms. The van der Waals surface area contributed by atoms with Crippen LogP contribution in [0.15, 0.2) is 12.4 Å². The van der Waals surface area contributed by atoms with Crippen molar-refractivity contribution in [3.8, 4) is 0 Å². The van der Waals surface area contributed by atoms with Gasteiger partial charge in [-0.05, 0) is 24.7 Å². The van der Waals surface area contributed by atoms with Gasteiger partial charge in [-0.3, -0.25) is 0 Å². The summed E-state index contributed by atoms with van der Waals surface area (Å²) in [6.45, 7) is 7.06. The van der Waals surface area contributed by atoms with Crippen molar-refractivity contribution in [1.29, 1.82) is 0 Å².